The van der Waals surface area contributed by atoms with Crippen molar-refractivity contribution in [3.63, 3.8) is 0 Å². The van der Waals surface area contributed by atoms with Crippen molar-refractivity contribution in [1.82, 2.24) is 19.9 Å². The van der Waals surface area contributed by atoms with Crippen molar-refractivity contribution in [1.29, 1.82) is 0 Å². The van der Waals surface area contributed by atoms with Crippen LogP contribution in [0.15, 0.2) is 60.9 Å². The minimum atomic E-state index is 0.574. The molecular weight excluding hydrogens is 350 g/mol. The van der Waals surface area contributed by atoms with Crippen molar-refractivity contribution in [2.45, 2.75) is 6.54 Å². The van der Waals surface area contributed by atoms with Crippen LogP contribution in [0.2, 0.25) is 0 Å². The van der Waals surface area contributed by atoms with E-state index < -0.39 is 0 Å². The molecule has 7 nitrogen and oxygen atoms in total. The Kier molecular flexibility index (Phi) is 5.63. The van der Waals surface area contributed by atoms with E-state index in [-0.39, 0.29) is 0 Å². The highest BCUT2D eigenvalue weighted by molar-refractivity contribution is 5.61. The third-order valence-electron chi connectivity index (χ3n) is 4.82. The number of likely N-dealkylation sites (N-methyl/N-ethyl adjacent to an activating group) is 1. The fourth-order valence-corrected chi connectivity index (χ4v) is 3.15. The van der Waals surface area contributed by atoms with Crippen molar-refractivity contribution in [2.24, 2.45) is 0 Å². The van der Waals surface area contributed by atoms with E-state index in [1.165, 1.54) is 5.69 Å². The van der Waals surface area contributed by atoms with Gasteiger partial charge in [0.15, 0.2) is 0 Å². The van der Waals surface area contributed by atoms with Crippen molar-refractivity contribution >= 4 is 23.1 Å². The van der Waals surface area contributed by atoms with Crippen LogP contribution in [0.5, 0.6) is 0 Å². The average Bonchev–Trinajstić information content (AvgIpc) is 2.75. The molecule has 0 spiro atoms. The van der Waals surface area contributed by atoms with Crippen molar-refractivity contribution < 1.29 is 0 Å². The van der Waals surface area contributed by atoms with E-state index in [2.05, 4.69) is 66.7 Å². The van der Waals surface area contributed by atoms with Crippen LogP contribution in [0, 0.1) is 0 Å². The monoisotopic (exact) mass is 375 g/mol. The van der Waals surface area contributed by atoms with Crippen LogP contribution in [-0.4, -0.2) is 53.1 Å². The molecule has 0 unspecified atom stereocenters. The van der Waals surface area contributed by atoms with Crippen LogP contribution in [0.4, 0.5) is 23.1 Å². The maximum atomic E-state index is 4.53. The highest BCUT2D eigenvalue weighted by Gasteiger charge is 2.14. The SMILES string of the molecule is CN1CCN(c2ccc(Nc3ccnc(NCc4ccccn4)n3)cc2)CC1. The summed E-state index contributed by atoms with van der Waals surface area (Å²) in [5.41, 5.74) is 3.22. The fourth-order valence-electron chi connectivity index (χ4n) is 3.15. The molecule has 0 radical (unpaired) electrons. The molecule has 1 aromatic carbocycles. The Morgan fingerprint density at radius 3 is 2.46 bits per heavy atom. The van der Waals surface area contributed by atoms with Crippen LogP contribution in [0.25, 0.3) is 0 Å². The number of nitrogens with one attached hydrogen (secondary N) is 2. The number of nitrogens with zero attached hydrogens (tertiary/aromatic N) is 5. The summed E-state index contributed by atoms with van der Waals surface area (Å²) in [6.07, 6.45) is 3.52. The number of anilines is 4. The van der Waals surface area contributed by atoms with Gasteiger partial charge in [0.2, 0.25) is 5.95 Å². The molecule has 3 aromatic rings. The van der Waals surface area contributed by atoms with Gasteiger partial charge in [-0.15, -0.1) is 0 Å². The third kappa shape index (κ3) is 4.75. The van der Waals surface area contributed by atoms with Gasteiger partial charge in [0.1, 0.15) is 5.82 Å². The van der Waals surface area contributed by atoms with E-state index in [9.17, 15) is 0 Å². The van der Waals surface area contributed by atoms with Crippen molar-refractivity contribution in [3.05, 3.63) is 66.6 Å². The normalized spacial score (nSPS) is 14.7. The van der Waals surface area contributed by atoms with E-state index in [1.807, 2.05) is 24.3 Å². The van der Waals surface area contributed by atoms with E-state index in [0.29, 0.717) is 12.5 Å². The smallest absolute Gasteiger partial charge is 0.224 e. The molecule has 1 fully saturated rings. The number of hydrogen-bond acceptors (Lipinski definition) is 7. The lowest BCUT2D eigenvalue weighted by Gasteiger charge is -2.34. The number of piperazine rings is 1. The molecule has 0 amide bonds. The average molecular weight is 375 g/mol. The van der Waals surface area contributed by atoms with Gasteiger partial charge in [0, 0.05) is 49.9 Å². The Balaban J connectivity index is 1.36. The van der Waals surface area contributed by atoms with Crippen LogP contribution in [0.3, 0.4) is 0 Å². The Labute approximate surface area is 165 Å². The van der Waals surface area contributed by atoms with E-state index in [0.717, 1.165) is 43.4 Å². The lowest BCUT2D eigenvalue weighted by Crippen LogP contribution is -2.44. The predicted octanol–water partition coefficient (Wildman–Crippen LogP) is 2.98. The molecule has 2 N–H and O–H groups in total. The number of aromatic nitrogens is 3. The van der Waals surface area contributed by atoms with Gasteiger partial charge in [-0.2, -0.15) is 4.98 Å². The van der Waals surface area contributed by atoms with Gasteiger partial charge >= 0.3 is 0 Å². The fraction of sp³-hybridized carbons (Fsp3) is 0.286. The number of hydrogen-bond donors (Lipinski definition) is 2. The Morgan fingerprint density at radius 2 is 1.71 bits per heavy atom. The molecule has 4 rings (SSSR count). The lowest BCUT2D eigenvalue weighted by atomic mass is 10.2. The first-order valence-electron chi connectivity index (χ1n) is 9.54. The Hall–Kier alpha value is -3.19. The van der Waals surface area contributed by atoms with Crippen LogP contribution in [0.1, 0.15) is 5.69 Å². The van der Waals surface area contributed by atoms with Crippen molar-refractivity contribution in [3.8, 4) is 0 Å². The molecule has 28 heavy (non-hydrogen) atoms. The quantitative estimate of drug-likeness (QED) is 0.686. The molecule has 0 atom stereocenters. The molecule has 7 heteroatoms. The van der Waals surface area contributed by atoms with Gasteiger partial charge in [-0.05, 0) is 49.5 Å². The summed E-state index contributed by atoms with van der Waals surface area (Å²) >= 11 is 0. The molecular formula is C21H25N7. The molecule has 0 aliphatic carbocycles. The summed E-state index contributed by atoms with van der Waals surface area (Å²) in [7, 11) is 2.17. The van der Waals surface area contributed by atoms with Gasteiger partial charge < -0.3 is 20.4 Å². The molecule has 1 saturated heterocycles. The molecule has 3 heterocycles. The molecule has 2 aromatic heterocycles. The van der Waals surface area contributed by atoms with E-state index in [1.54, 1.807) is 12.4 Å². The van der Waals surface area contributed by atoms with Crippen LogP contribution in [-0.2, 0) is 6.54 Å². The Morgan fingerprint density at radius 1 is 0.893 bits per heavy atom. The summed E-state index contributed by atoms with van der Waals surface area (Å²) in [5.74, 6) is 1.33. The first kappa shape index (κ1) is 18.2. The third-order valence-corrected chi connectivity index (χ3v) is 4.82. The zero-order chi connectivity index (χ0) is 19.2. The second-order valence-corrected chi connectivity index (χ2v) is 6.90. The maximum Gasteiger partial charge on any atom is 0.224 e. The first-order valence-corrected chi connectivity index (χ1v) is 9.54. The zero-order valence-electron chi connectivity index (χ0n) is 16.0. The molecule has 0 bridgehead atoms. The predicted molar refractivity (Wildman–Crippen MR) is 113 cm³/mol. The summed E-state index contributed by atoms with van der Waals surface area (Å²) in [6.45, 7) is 4.94. The molecule has 1 aliphatic rings. The van der Waals surface area contributed by atoms with Gasteiger partial charge in [0.05, 0.1) is 12.2 Å². The summed E-state index contributed by atoms with van der Waals surface area (Å²) in [6, 6.07) is 16.2. The summed E-state index contributed by atoms with van der Waals surface area (Å²) in [5, 5.41) is 6.55. The van der Waals surface area contributed by atoms with E-state index in [4.69, 9.17) is 0 Å². The summed E-state index contributed by atoms with van der Waals surface area (Å²) in [4.78, 5) is 17.9. The van der Waals surface area contributed by atoms with Crippen LogP contribution < -0.4 is 15.5 Å². The first-order chi connectivity index (χ1) is 13.8. The highest BCUT2D eigenvalue weighted by atomic mass is 15.2. The second kappa shape index (κ2) is 8.67. The maximum absolute atomic E-state index is 4.53. The van der Waals surface area contributed by atoms with Gasteiger partial charge in [-0.25, -0.2) is 4.98 Å². The highest BCUT2D eigenvalue weighted by Crippen LogP contribution is 2.21. The van der Waals surface area contributed by atoms with Gasteiger partial charge in [-0.1, -0.05) is 6.07 Å². The number of pyridine rings is 1. The topological polar surface area (TPSA) is 69.2 Å². The minimum absolute atomic E-state index is 0.574. The second-order valence-electron chi connectivity index (χ2n) is 6.90. The largest absolute Gasteiger partial charge is 0.369 e. The summed E-state index contributed by atoms with van der Waals surface area (Å²) < 4.78 is 0. The molecule has 144 valence electrons. The minimum Gasteiger partial charge on any atom is -0.369 e. The van der Waals surface area contributed by atoms with Gasteiger partial charge in [-0.3, -0.25) is 4.98 Å². The van der Waals surface area contributed by atoms with E-state index >= 15 is 0 Å². The lowest BCUT2D eigenvalue weighted by molar-refractivity contribution is 0.313. The molecule has 1 aliphatic heterocycles. The van der Waals surface area contributed by atoms with Crippen molar-refractivity contribution in [2.75, 3.05) is 48.8 Å². The standard InChI is InChI=1S/C21H25N7/c1-27-12-14-28(15-13-27)19-7-5-17(6-8-19)25-20-9-11-23-21(26-20)24-16-18-4-2-3-10-22-18/h2-11H,12-16H2,1H3,(H2,23,24,25,26). The van der Waals surface area contributed by atoms with Gasteiger partial charge in [0.25, 0.3) is 0 Å². The number of rotatable bonds is 6. The zero-order valence-corrected chi connectivity index (χ0v) is 16.0. The Bertz CT molecular complexity index is 875. The molecule has 0 saturated carbocycles. The van der Waals surface area contributed by atoms with Crippen LogP contribution >= 0.6 is 0 Å². The number of benzene rings is 1.